The average Bonchev–Trinajstić information content (AvgIpc) is 2.29. The van der Waals surface area contributed by atoms with E-state index in [0.29, 0.717) is 11.3 Å². The Kier molecular flexibility index (Phi) is 4.80. The number of carbonyl (C=O) groups is 1. The number of hydrogen-bond donors (Lipinski definition) is 1. The monoisotopic (exact) mass is 285 g/mol. The van der Waals surface area contributed by atoms with Gasteiger partial charge in [0.05, 0.1) is 12.7 Å². The van der Waals surface area contributed by atoms with Crippen LogP contribution >= 0.6 is 15.9 Å². The lowest BCUT2D eigenvalue weighted by atomic mass is 10.1. The molecule has 0 saturated carbocycles. The summed E-state index contributed by atoms with van der Waals surface area (Å²) < 4.78 is 5.86. The fourth-order valence-electron chi connectivity index (χ4n) is 1.21. The molecule has 1 aromatic carbocycles. The van der Waals surface area contributed by atoms with Gasteiger partial charge in [-0.1, -0.05) is 6.92 Å². The number of halogens is 1. The summed E-state index contributed by atoms with van der Waals surface area (Å²) in [6, 6.07) is 5.52. The van der Waals surface area contributed by atoms with Gasteiger partial charge in [-0.25, -0.2) is 0 Å². The molecule has 0 spiro atoms. The summed E-state index contributed by atoms with van der Waals surface area (Å²) in [5.74, 6) is 0.595. The number of benzene rings is 1. The van der Waals surface area contributed by atoms with E-state index < -0.39 is 0 Å². The van der Waals surface area contributed by atoms with Gasteiger partial charge >= 0.3 is 0 Å². The Hall–Kier alpha value is -1.03. The van der Waals surface area contributed by atoms with Gasteiger partial charge in [-0.3, -0.25) is 4.79 Å². The minimum atomic E-state index is -0.0832. The quantitative estimate of drug-likeness (QED) is 0.924. The molecule has 1 atom stereocenters. The zero-order chi connectivity index (χ0) is 12.1. The van der Waals surface area contributed by atoms with Crippen LogP contribution in [-0.2, 0) is 0 Å². The third kappa shape index (κ3) is 3.23. The van der Waals surface area contributed by atoms with Crippen molar-refractivity contribution >= 4 is 21.8 Å². The SMILES string of the molecule is CC[C@@H](C)NC(=O)c1cc(OC)ccc1Br. The second-order valence-electron chi connectivity index (χ2n) is 3.63. The minimum Gasteiger partial charge on any atom is -0.497 e. The first-order valence-corrected chi connectivity index (χ1v) is 6.02. The second kappa shape index (κ2) is 5.89. The molecule has 0 radical (unpaired) electrons. The van der Waals surface area contributed by atoms with Gasteiger partial charge in [0.2, 0.25) is 0 Å². The summed E-state index contributed by atoms with van der Waals surface area (Å²) in [6.45, 7) is 4.01. The fraction of sp³-hybridized carbons (Fsp3) is 0.417. The molecule has 4 heteroatoms. The smallest absolute Gasteiger partial charge is 0.252 e. The van der Waals surface area contributed by atoms with Crippen molar-refractivity contribution in [3.8, 4) is 5.75 Å². The summed E-state index contributed by atoms with van der Waals surface area (Å²) in [7, 11) is 1.58. The van der Waals surface area contributed by atoms with Crippen molar-refractivity contribution in [2.24, 2.45) is 0 Å². The molecule has 0 heterocycles. The number of methoxy groups -OCH3 is 1. The number of amides is 1. The van der Waals surface area contributed by atoms with Crippen LogP contribution in [0.2, 0.25) is 0 Å². The number of rotatable bonds is 4. The first-order valence-electron chi connectivity index (χ1n) is 5.22. The lowest BCUT2D eigenvalue weighted by molar-refractivity contribution is 0.0938. The fourth-order valence-corrected chi connectivity index (χ4v) is 1.64. The van der Waals surface area contributed by atoms with Crippen molar-refractivity contribution in [3.05, 3.63) is 28.2 Å². The molecule has 0 aromatic heterocycles. The largest absolute Gasteiger partial charge is 0.497 e. The number of carbonyl (C=O) groups excluding carboxylic acids is 1. The Bertz CT molecular complexity index is 379. The summed E-state index contributed by atoms with van der Waals surface area (Å²) in [6.07, 6.45) is 0.910. The van der Waals surface area contributed by atoms with Crippen molar-refractivity contribution in [1.29, 1.82) is 0 Å². The van der Waals surface area contributed by atoms with Crippen LogP contribution in [0.1, 0.15) is 30.6 Å². The molecule has 1 amide bonds. The molecule has 0 bridgehead atoms. The first-order chi connectivity index (χ1) is 7.58. The molecule has 0 aliphatic carbocycles. The molecule has 1 rings (SSSR count). The van der Waals surface area contributed by atoms with Crippen molar-refractivity contribution in [2.45, 2.75) is 26.3 Å². The molecular weight excluding hydrogens is 270 g/mol. The van der Waals surface area contributed by atoms with Crippen LogP contribution in [0.3, 0.4) is 0 Å². The molecule has 0 unspecified atom stereocenters. The van der Waals surface area contributed by atoms with E-state index in [9.17, 15) is 4.79 Å². The van der Waals surface area contributed by atoms with E-state index in [4.69, 9.17) is 4.74 Å². The van der Waals surface area contributed by atoms with E-state index in [2.05, 4.69) is 21.2 Å². The van der Waals surface area contributed by atoms with Crippen LogP contribution in [0.5, 0.6) is 5.75 Å². The number of ether oxygens (including phenoxy) is 1. The minimum absolute atomic E-state index is 0.0832. The normalized spacial score (nSPS) is 12.0. The Morgan fingerprint density at radius 1 is 1.56 bits per heavy atom. The van der Waals surface area contributed by atoms with E-state index in [-0.39, 0.29) is 11.9 Å². The van der Waals surface area contributed by atoms with E-state index in [1.165, 1.54) is 0 Å². The highest BCUT2D eigenvalue weighted by molar-refractivity contribution is 9.10. The van der Waals surface area contributed by atoms with Crippen molar-refractivity contribution in [2.75, 3.05) is 7.11 Å². The number of nitrogens with one attached hydrogen (secondary N) is 1. The molecule has 0 aliphatic heterocycles. The van der Waals surface area contributed by atoms with Crippen LogP contribution in [-0.4, -0.2) is 19.1 Å². The molecule has 3 nitrogen and oxygen atoms in total. The summed E-state index contributed by atoms with van der Waals surface area (Å²) in [5.41, 5.74) is 0.597. The predicted molar refractivity (Wildman–Crippen MR) is 67.9 cm³/mol. The van der Waals surface area contributed by atoms with Gasteiger partial charge in [-0.15, -0.1) is 0 Å². The number of hydrogen-bond acceptors (Lipinski definition) is 2. The maximum atomic E-state index is 11.9. The highest BCUT2D eigenvalue weighted by Crippen LogP contribution is 2.22. The molecule has 0 saturated heterocycles. The van der Waals surface area contributed by atoms with Gasteiger partial charge < -0.3 is 10.1 Å². The second-order valence-corrected chi connectivity index (χ2v) is 4.48. The highest BCUT2D eigenvalue weighted by atomic mass is 79.9. The van der Waals surface area contributed by atoms with Gasteiger partial charge in [0.25, 0.3) is 5.91 Å². The van der Waals surface area contributed by atoms with E-state index in [0.717, 1.165) is 10.9 Å². The first kappa shape index (κ1) is 13.0. The van der Waals surface area contributed by atoms with Crippen LogP contribution < -0.4 is 10.1 Å². The van der Waals surface area contributed by atoms with Crippen LogP contribution in [0.25, 0.3) is 0 Å². The topological polar surface area (TPSA) is 38.3 Å². The van der Waals surface area contributed by atoms with Crippen molar-refractivity contribution in [1.82, 2.24) is 5.32 Å². The standard InChI is InChI=1S/C12H16BrNO2/c1-4-8(2)14-12(15)10-7-9(16-3)5-6-11(10)13/h5-8H,4H2,1-3H3,(H,14,15)/t8-/m1/s1. The molecule has 0 aliphatic rings. The van der Waals surface area contributed by atoms with E-state index in [1.807, 2.05) is 26.0 Å². The highest BCUT2D eigenvalue weighted by Gasteiger charge is 2.12. The average molecular weight is 286 g/mol. The zero-order valence-corrected chi connectivity index (χ0v) is 11.3. The maximum Gasteiger partial charge on any atom is 0.252 e. The maximum absolute atomic E-state index is 11.9. The summed E-state index contributed by atoms with van der Waals surface area (Å²) >= 11 is 3.36. The predicted octanol–water partition coefficient (Wildman–Crippen LogP) is 2.99. The lowest BCUT2D eigenvalue weighted by Crippen LogP contribution is -2.32. The zero-order valence-electron chi connectivity index (χ0n) is 9.71. The lowest BCUT2D eigenvalue weighted by Gasteiger charge is -2.13. The van der Waals surface area contributed by atoms with Gasteiger partial charge in [0.15, 0.2) is 0 Å². The molecule has 0 fully saturated rings. The Morgan fingerprint density at radius 3 is 2.81 bits per heavy atom. The molecule has 1 aromatic rings. The molecule has 1 N–H and O–H groups in total. The molecule has 88 valence electrons. The Labute approximate surface area is 104 Å². The van der Waals surface area contributed by atoms with Gasteiger partial charge in [-0.2, -0.15) is 0 Å². The van der Waals surface area contributed by atoms with Gasteiger partial charge in [0.1, 0.15) is 5.75 Å². The van der Waals surface area contributed by atoms with E-state index >= 15 is 0 Å². The van der Waals surface area contributed by atoms with Crippen LogP contribution in [0, 0.1) is 0 Å². The molecular formula is C12H16BrNO2. The third-order valence-electron chi connectivity index (χ3n) is 2.41. The van der Waals surface area contributed by atoms with Crippen molar-refractivity contribution in [3.63, 3.8) is 0 Å². The van der Waals surface area contributed by atoms with Crippen LogP contribution in [0.4, 0.5) is 0 Å². The Balaban J connectivity index is 2.89. The van der Waals surface area contributed by atoms with Crippen molar-refractivity contribution < 1.29 is 9.53 Å². The van der Waals surface area contributed by atoms with Gasteiger partial charge in [-0.05, 0) is 47.5 Å². The van der Waals surface area contributed by atoms with Gasteiger partial charge in [0, 0.05) is 10.5 Å². The van der Waals surface area contributed by atoms with E-state index in [1.54, 1.807) is 13.2 Å². The Morgan fingerprint density at radius 2 is 2.25 bits per heavy atom. The summed E-state index contributed by atoms with van der Waals surface area (Å²) in [4.78, 5) is 11.9. The summed E-state index contributed by atoms with van der Waals surface area (Å²) in [5, 5.41) is 2.91. The molecule has 16 heavy (non-hydrogen) atoms. The van der Waals surface area contributed by atoms with Crippen LogP contribution in [0.15, 0.2) is 22.7 Å². The third-order valence-corrected chi connectivity index (χ3v) is 3.10.